The van der Waals surface area contributed by atoms with Crippen molar-refractivity contribution in [3.8, 4) is 0 Å². The highest BCUT2D eigenvalue weighted by molar-refractivity contribution is 6.06. The molecule has 190 valence electrons. The molecule has 6 heteroatoms. The maximum absolute atomic E-state index is 14.6. The van der Waals surface area contributed by atoms with Gasteiger partial charge in [-0.1, -0.05) is 30.8 Å². The molecule has 0 N–H and O–H groups in total. The summed E-state index contributed by atoms with van der Waals surface area (Å²) >= 11 is 0. The van der Waals surface area contributed by atoms with E-state index < -0.39 is 28.7 Å². The molecule has 0 fully saturated rings. The van der Waals surface area contributed by atoms with Gasteiger partial charge in [0.1, 0.15) is 28.6 Å². The molecular weight excluding hydrogens is 463 g/mol. The van der Waals surface area contributed by atoms with E-state index in [0.717, 1.165) is 28.8 Å². The third-order valence-corrected chi connectivity index (χ3v) is 5.55. The summed E-state index contributed by atoms with van der Waals surface area (Å²) in [6, 6.07) is 13.9. The fourth-order valence-electron chi connectivity index (χ4n) is 4.06. The first-order chi connectivity index (χ1) is 16.8. The van der Waals surface area contributed by atoms with Crippen LogP contribution in [-0.4, -0.2) is 18.1 Å². The van der Waals surface area contributed by atoms with E-state index in [1.54, 1.807) is 25.1 Å². The van der Waals surface area contributed by atoms with Gasteiger partial charge in [-0.25, -0.2) is 13.2 Å². The summed E-state index contributed by atoms with van der Waals surface area (Å²) in [5.74, 6) is -2.45. The lowest BCUT2D eigenvalue weighted by atomic mass is 10.00. The van der Waals surface area contributed by atoms with Crippen molar-refractivity contribution in [1.29, 1.82) is 0 Å². The van der Waals surface area contributed by atoms with Crippen LogP contribution in [0.25, 0.3) is 0 Å². The van der Waals surface area contributed by atoms with Crippen LogP contribution in [0.3, 0.4) is 0 Å². The number of ether oxygens (including phenoxy) is 1. The normalized spacial score (nSPS) is 11.3. The zero-order valence-corrected chi connectivity index (χ0v) is 21.4. The summed E-state index contributed by atoms with van der Waals surface area (Å²) in [5.41, 5.74) is 2.63. The molecule has 0 saturated carbocycles. The molecule has 0 bridgehead atoms. The zero-order chi connectivity index (χ0) is 26.6. The summed E-state index contributed by atoms with van der Waals surface area (Å²) in [4.78, 5) is 14.8. The second-order valence-corrected chi connectivity index (χ2v) is 9.99. The van der Waals surface area contributed by atoms with Gasteiger partial charge in [0.05, 0.1) is 5.76 Å². The van der Waals surface area contributed by atoms with Crippen LogP contribution in [0.15, 0.2) is 66.9 Å². The number of hydrogen-bond acceptors (Lipinski definition) is 2. The molecule has 1 amide bonds. The Bertz CT molecular complexity index is 1260. The monoisotopic (exact) mass is 495 g/mol. The average molecular weight is 496 g/mol. The Morgan fingerprint density at radius 1 is 0.917 bits per heavy atom. The molecule has 3 aromatic carbocycles. The number of amides is 1. The Hall–Kier alpha value is -3.54. The Kier molecular flexibility index (Phi) is 8.28. The SMILES string of the molecule is C=C(CCN(C(=O)c1c(F)cccc1F)c1cc(C)cc(Cc2ccc(F)c(C)c2)c1)OC(C)(C)C. The minimum Gasteiger partial charge on any atom is -0.493 e. The Morgan fingerprint density at radius 3 is 2.19 bits per heavy atom. The maximum Gasteiger partial charge on any atom is 0.264 e. The molecule has 0 saturated heterocycles. The fraction of sp³-hybridized carbons (Fsp3) is 0.300. The number of carbonyl (C=O) groups is 1. The Balaban J connectivity index is 1.99. The molecule has 0 aromatic heterocycles. The van der Waals surface area contributed by atoms with E-state index in [2.05, 4.69) is 6.58 Å². The van der Waals surface area contributed by atoms with Crippen LogP contribution in [0.1, 0.15) is 59.8 Å². The number of rotatable bonds is 8. The molecule has 0 unspecified atom stereocenters. The first-order valence-electron chi connectivity index (χ1n) is 11.8. The summed E-state index contributed by atoms with van der Waals surface area (Å²) in [5, 5.41) is 0. The van der Waals surface area contributed by atoms with Crippen LogP contribution in [-0.2, 0) is 11.2 Å². The fourth-order valence-corrected chi connectivity index (χ4v) is 4.06. The van der Waals surface area contributed by atoms with Gasteiger partial charge >= 0.3 is 0 Å². The van der Waals surface area contributed by atoms with Gasteiger partial charge < -0.3 is 9.64 Å². The Labute approximate surface area is 211 Å². The molecule has 0 aliphatic heterocycles. The summed E-state index contributed by atoms with van der Waals surface area (Å²) < 4.78 is 48.6. The molecular formula is C30H32F3NO2. The van der Waals surface area contributed by atoms with Crippen molar-refractivity contribution in [3.63, 3.8) is 0 Å². The van der Waals surface area contributed by atoms with E-state index >= 15 is 0 Å². The smallest absolute Gasteiger partial charge is 0.264 e. The van der Waals surface area contributed by atoms with Crippen LogP contribution >= 0.6 is 0 Å². The molecule has 3 rings (SSSR count). The molecule has 3 aromatic rings. The maximum atomic E-state index is 14.6. The van der Waals surface area contributed by atoms with Crippen molar-refractivity contribution in [2.24, 2.45) is 0 Å². The van der Waals surface area contributed by atoms with Crippen molar-refractivity contribution >= 4 is 11.6 Å². The van der Waals surface area contributed by atoms with Crippen molar-refractivity contribution in [3.05, 3.63) is 112 Å². The topological polar surface area (TPSA) is 29.5 Å². The molecule has 3 nitrogen and oxygen atoms in total. The van der Waals surface area contributed by atoms with Crippen molar-refractivity contribution in [2.45, 2.75) is 53.1 Å². The lowest BCUT2D eigenvalue weighted by molar-refractivity contribution is 0.0483. The molecule has 0 aliphatic carbocycles. The van der Waals surface area contributed by atoms with Gasteiger partial charge in [-0.3, -0.25) is 4.79 Å². The highest BCUT2D eigenvalue weighted by atomic mass is 19.1. The highest BCUT2D eigenvalue weighted by Gasteiger charge is 2.25. The number of halogens is 3. The van der Waals surface area contributed by atoms with Crippen LogP contribution < -0.4 is 4.90 Å². The van der Waals surface area contributed by atoms with E-state index in [1.165, 1.54) is 17.0 Å². The van der Waals surface area contributed by atoms with Crippen molar-refractivity contribution in [1.82, 2.24) is 0 Å². The largest absolute Gasteiger partial charge is 0.493 e. The zero-order valence-electron chi connectivity index (χ0n) is 21.4. The number of aryl methyl sites for hydroxylation is 2. The molecule has 0 radical (unpaired) electrons. The molecule has 0 heterocycles. The first kappa shape index (κ1) is 27.1. The summed E-state index contributed by atoms with van der Waals surface area (Å²) in [6.45, 7) is 13.3. The van der Waals surface area contributed by atoms with Crippen LogP contribution in [0.2, 0.25) is 0 Å². The lowest BCUT2D eigenvalue weighted by Gasteiger charge is -2.27. The highest BCUT2D eigenvalue weighted by Crippen LogP contribution is 2.26. The minimum absolute atomic E-state index is 0.111. The second kappa shape index (κ2) is 11.0. The minimum atomic E-state index is -0.926. The third-order valence-electron chi connectivity index (χ3n) is 5.55. The van der Waals surface area contributed by atoms with Gasteiger partial charge in [0, 0.05) is 18.7 Å². The van der Waals surface area contributed by atoms with E-state index in [1.807, 2.05) is 39.8 Å². The summed E-state index contributed by atoms with van der Waals surface area (Å²) in [7, 11) is 0. The quantitative estimate of drug-likeness (QED) is 0.300. The van der Waals surface area contributed by atoms with Gasteiger partial charge in [-0.2, -0.15) is 0 Å². The van der Waals surface area contributed by atoms with Gasteiger partial charge in [0.25, 0.3) is 5.91 Å². The number of hydrogen-bond donors (Lipinski definition) is 0. The molecule has 0 aliphatic rings. The van der Waals surface area contributed by atoms with Crippen molar-refractivity contribution in [2.75, 3.05) is 11.4 Å². The predicted molar refractivity (Wildman–Crippen MR) is 138 cm³/mol. The van der Waals surface area contributed by atoms with E-state index in [0.29, 0.717) is 23.4 Å². The molecule has 0 spiro atoms. The van der Waals surface area contributed by atoms with Gasteiger partial charge in [0.2, 0.25) is 0 Å². The van der Waals surface area contributed by atoms with Crippen LogP contribution in [0.4, 0.5) is 18.9 Å². The van der Waals surface area contributed by atoms with E-state index in [9.17, 15) is 18.0 Å². The second-order valence-electron chi connectivity index (χ2n) is 9.99. The average Bonchev–Trinajstić information content (AvgIpc) is 2.75. The van der Waals surface area contributed by atoms with Gasteiger partial charge in [-0.05, 0) is 93.6 Å². The molecule has 36 heavy (non-hydrogen) atoms. The van der Waals surface area contributed by atoms with Crippen molar-refractivity contribution < 1.29 is 22.7 Å². The number of carbonyl (C=O) groups excluding carboxylic acids is 1. The first-order valence-corrected chi connectivity index (χ1v) is 11.8. The molecule has 0 atom stereocenters. The van der Waals surface area contributed by atoms with E-state index in [4.69, 9.17) is 4.74 Å². The van der Waals surface area contributed by atoms with Gasteiger partial charge in [0.15, 0.2) is 0 Å². The lowest BCUT2D eigenvalue weighted by Crippen LogP contribution is -2.34. The number of anilines is 1. The number of benzene rings is 3. The Morgan fingerprint density at radius 2 is 1.58 bits per heavy atom. The summed E-state index contributed by atoms with van der Waals surface area (Å²) in [6.07, 6.45) is 0.783. The third kappa shape index (κ3) is 7.00. The van der Waals surface area contributed by atoms with Crippen LogP contribution in [0.5, 0.6) is 0 Å². The number of nitrogens with zero attached hydrogens (tertiary/aromatic N) is 1. The van der Waals surface area contributed by atoms with Gasteiger partial charge in [-0.15, -0.1) is 0 Å². The van der Waals surface area contributed by atoms with Crippen LogP contribution in [0, 0.1) is 31.3 Å². The predicted octanol–water partition coefficient (Wildman–Crippen LogP) is 7.68. The standard InChI is InChI=1S/C30H32F3NO2/c1-19-14-23(17-22-10-11-25(31)20(2)16-22)18-24(15-19)34(13-12-21(3)36-30(4,5)6)29(35)28-26(32)8-7-9-27(28)33/h7-11,14-16,18H,3,12-13,17H2,1-2,4-6H3. The van der Waals surface area contributed by atoms with E-state index in [-0.39, 0.29) is 18.8 Å².